The van der Waals surface area contributed by atoms with E-state index in [1.165, 1.54) is 11.8 Å². The minimum absolute atomic E-state index is 0.0198. The van der Waals surface area contributed by atoms with E-state index in [1.54, 1.807) is 12.4 Å². The Morgan fingerprint density at radius 1 is 1.52 bits per heavy atom. The Bertz CT molecular complexity index is 627. The zero-order valence-electron chi connectivity index (χ0n) is 11.6. The van der Waals surface area contributed by atoms with Crippen LogP contribution in [-0.2, 0) is 16.1 Å². The fraction of sp³-hybridized carbons (Fsp3) is 0.357. The van der Waals surface area contributed by atoms with Gasteiger partial charge in [-0.25, -0.2) is 4.98 Å². The van der Waals surface area contributed by atoms with Gasteiger partial charge in [-0.3, -0.25) is 9.78 Å². The number of fused-ring (bicyclic) bond motifs is 1. The molecule has 0 spiro atoms. The maximum absolute atomic E-state index is 10.7. The second-order valence-corrected chi connectivity index (χ2v) is 5.23. The maximum atomic E-state index is 10.7. The molecule has 0 amide bonds. The van der Waals surface area contributed by atoms with Crippen LogP contribution in [0.5, 0.6) is 0 Å². The number of pyridine rings is 1. The van der Waals surface area contributed by atoms with E-state index in [4.69, 9.17) is 9.84 Å². The lowest BCUT2D eigenvalue weighted by Crippen LogP contribution is -2.09. The number of carbonyl (C=O) groups is 1. The first kappa shape index (κ1) is 15.5. The van der Waals surface area contributed by atoms with E-state index in [9.17, 15) is 4.79 Å². The summed E-state index contributed by atoms with van der Waals surface area (Å²) in [5.74, 6) is -0.882. The van der Waals surface area contributed by atoms with Gasteiger partial charge in [-0.2, -0.15) is 0 Å². The summed E-state index contributed by atoms with van der Waals surface area (Å²) in [5.41, 5.74) is 1.70. The largest absolute Gasteiger partial charge is 0.481 e. The molecule has 0 aliphatic rings. The zero-order valence-corrected chi connectivity index (χ0v) is 12.4. The normalized spacial score (nSPS) is 10.9. The number of rotatable bonds is 9. The van der Waals surface area contributed by atoms with Crippen LogP contribution >= 0.6 is 11.8 Å². The fourth-order valence-electron chi connectivity index (χ4n) is 1.84. The van der Waals surface area contributed by atoms with Crippen LogP contribution in [0, 0.1) is 0 Å². The van der Waals surface area contributed by atoms with E-state index in [2.05, 4.69) is 16.5 Å². The lowest BCUT2D eigenvalue weighted by molar-refractivity contribution is -0.133. The molecule has 0 unspecified atom stereocenters. The molecule has 0 aliphatic carbocycles. The Labute approximate surface area is 126 Å². The number of aromatic nitrogens is 3. The third kappa shape index (κ3) is 4.30. The third-order valence-corrected chi connectivity index (χ3v) is 3.73. The van der Waals surface area contributed by atoms with Gasteiger partial charge in [-0.15, -0.1) is 6.58 Å². The number of nitrogens with zero attached hydrogens (tertiary/aromatic N) is 3. The van der Waals surface area contributed by atoms with E-state index < -0.39 is 5.97 Å². The lowest BCUT2D eigenvalue weighted by atomic mass is 10.4. The summed E-state index contributed by atoms with van der Waals surface area (Å²) in [4.78, 5) is 19.2. The minimum Gasteiger partial charge on any atom is -0.481 e. The predicted octanol–water partition coefficient (Wildman–Crippen LogP) is 2.20. The first-order valence-electron chi connectivity index (χ1n) is 6.56. The highest BCUT2D eigenvalue weighted by atomic mass is 32.2. The Balaban J connectivity index is 2.11. The van der Waals surface area contributed by atoms with Gasteiger partial charge in [0.15, 0.2) is 5.16 Å². The number of ether oxygens (including phenoxy) is 1. The number of carboxylic acid groups (broad SMARTS) is 1. The Morgan fingerprint density at radius 3 is 3.14 bits per heavy atom. The molecule has 7 heteroatoms. The quantitative estimate of drug-likeness (QED) is 0.435. The smallest absolute Gasteiger partial charge is 0.313 e. The molecule has 0 aromatic carbocycles. The molecule has 21 heavy (non-hydrogen) atoms. The first-order chi connectivity index (χ1) is 10.2. The van der Waals surface area contributed by atoms with Crippen molar-refractivity contribution in [2.24, 2.45) is 0 Å². The molecule has 2 heterocycles. The molecule has 0 atom stereocenters. The molecule has 6 nitrogen and oxygen atoms in total. The standard InChI is InChI=1S/C14H17N3O3S/c1-2-3-7-20-8-6-17-12-4-5-15-9-11(12)16-14(17)21-10-13(18)19/h2,4-5,9H,1,3,6-8,10H2,(H,18,19). The molecule has 2 aromatic rings. The van der Waals surface area contributed by atoms with Crippen LogP contribution in [0.1, 0.15) is 6.42 Å². The van der Waals surface area contributed by atoms with Crippen LogP contribution in [0.4, 0.5) is 0 Å². The van der Waals surface area contributed by atoms with Crippen molar-refractivity contribution in [3.05, 3.63) is 31.1 Å². The van der Waals surface area contributed by atoms with Gasteiger partial charge < -0.3 is 14.4 Å². The zero-order chi connectivity index (χ0) is 15.1. The van der Waals surface area contributed by atoms with Crippen molar-refractivity contribution in [2.75, 3.05) is 19.0 Å². The van der Waals surface area contributed by atoms with Crippen molar-refractivity contribution in [3.63, 3.8) is 0 Å². The van der Waals surface area contributed by atoms with Crippen LogP contribution in [0.2, 0.25) is 0 Å². The SMILES string of the molecule is C=CCCOCCn1c(SCC(=O)O)nc2cnccc21. The first-order valence-corrected chi connectivity index (χ1v) is 7.54. The maximum Gasteiger partial charge on any atom is 0.313 e. The fourth-order valence-corrected chi connectivity index (χ4v) is 2.60. The molecule has 0 bridgehead atoms. The van der Waals surface area contributed by atoms with Gasteiger partial charge in [0.2, 0.25) is 0 Å². The summed E-state index contributed by atoms with van der Waals surface area (Å²) in [6.07, 6.45) is 6.00. The van der Waals surface area contributed by atoms with Crippen LogP contribution < -0.4 is 0 Å². The van der Waals surface area contributed by atoms with Crippen molar-refractivity contribution in [1.29, 1.82) is 0 Å². The van der Waals surface area contributed by atoms with Crippen molar-refractivity contribution < 1.29 is 14.6 Å². The summed E-state index contributed by atoms with van der Waals surface area (Å²) < 4.78 is 7.49. The predicted molar refractivity (Wildman–Crippen MR) is 81.5 cm³/mol. The van der Waals surface area contributed by atoms with E-state index in [1.807, 2.05) is 16.7 Å². The van der Waals surface area contributed by atoms with Crippen LogP contribution in [0.3, 0.4) is 0 Å². The van der Waals surface area contributed by atoms with Crippen LogP contribution in [0.25, 0.3) is 11.0 Å². The highest BCUT2D eigenvalue weighted by molar-refractivity contribution is 7.99. The Kier molecular flexibility index (Phi) is 5.77. The minimum atomic E-state index is -0.862. The van der Waals surface area contributed by atoms with Crippen molar-refractivity contribution in [2.45, 2.75) is 18.1 Å². The molecule has 0 aliphatic heterocycles. The van der Waals surface area contributed by atoms with Gasteiger partial charge in [0.25, 0.3) is 0 Å². The van der Waals surface area contributed by atoms with Gasteiger partial charge in [-0.05, 0) is 12.5 Å². The second kappa shape index (κ2) is 7.80. The van der Waals surface area contributed by atoms with Crippen LogP contribution in [-0.4, -0.2) is 44.6 Å². The van der Waals surface area contributed by atoms with Crippen molar-refractivity contribution in [3.8, 4) is 0 Å². The molecule has 112 valence electrons. The molecule has 0 fully saturated rings. The van der Waals surface area contributed by atoms with Crippen molar-refractivity contribution in [1.82, 2.24) is 14.5 Å². The summed E-state index contributed by atoms with van der Waals surface area (Å²) >= 11 is 1.20. The summed E-state index contributed by atoms with van der Waals surface area (Å²) in [7, 11) is 0. The van der Waals surface area contributed by atoms with Gasteiger partial charge in [0.1, 0.15) is 5.52 Å². The molecule has 0 radical (unpaired) electrons. The van der Waals surface area contributed by atoms with Gasteiger partial charge in [-0.1, -0.05) is 17.8 Å². The topological polar surface area (TPSA) is 77.2 Å². The van der Waals surface area contributed by atoms with Gasteiger partial charge in [0, 0.05) is 12.7 Å². The number of hydrogen-bond donors (Lipinski definition) is 1. The lowest BCUT2D eigenvalue weighted by Gasteiger charge is -2.08. The highest BCUT2D eigenvalue weighted by Crippen LogP contribution is 2.23. The van der Waals surface area contributed by atoms with Crippen molar-refractivity contribution >= 4 is 28.8 Å². The number of carboxylic acids is 1. The van der Waals surface area contributed by atoms with Gasteiger partial charge >= 0.3 is 5.97 Å². The van der Waals surface area contributed by atoms with Crippen LogP contribution in [0.15, 0.2) is 36.3 Å². The van der Waals surface area contributed by atoms with E-state index in [0.29, 0.717) is 24.9 Å². The summed E-state index contributed by atoms with van der Waals surface area (Å²) in [6.45, 7) is 5.45. The third-order valence-electron chi connectivity index (χ3n) is 2.77. The Hall–Kier alpha value is -1.86. The molecular formula is C14H17N3O3S. The highest BCUT2D eigenvalue weighted by Gasteiger charge is 2.12. The number of aliphatic carboxylic acids is 1. The molecular weight excluding hydrogens is 290 g/mol. The second-order valence-electron chi connectivity index (χ2n) is 4.28. The molecule has 0 saturated heterocycles. The number of hydrogen-bond acceptors (Lipinski definition) is 5. The number of thioether (sulfide) groups is 1. The number of imidazole rings is 1. The summed E-state index contributed by atoms with van der Waals surface area (Å²) in [6, 6.07) is 1.87. The Morgan fingerprint density at radius 2 is 2.38 bits per heavy atom. The molecule has 1 N–H and O–H groups in total. The van der Waals surface area contributed by atoms with E-state index >= 15 is 0 Å². The van der Waals surface area contributed by atoms with E-state index in [0.717, 1.165) is 17.5 Å². The monoisotopic (exact) mass is 307 g/mol. The molecule has 0 saturated carbocycles. The molecule has 2 rings (SSSR count). The van der Waals surface area contributed by atoms with E-state index in [-0.39, 0.29) is 5.75 Å². The summed E-state index contributed by atoms with van der Waals surface area (Å²) in [5, 5.41) is 9.48. The van der Waals surface area contributed by atoms with Gasteiger partial charge in [0.05, 0.1) is 30.7 Å². The average Bonchev–Trinajstić information content (AvgIpc) is 2.83. The molecule has 2 aromatic heterocycles. The average molecular weight is 307 g/mol.